The lowest BCUT2D eigenvalue weighted by atomic mass is 10.2. The second-order valence-electron chi connectivity index (χ2n) is 3.84. The van der Waals surface area contributed by atoms with Gasteiger partial charge in [-0.3, -0.25) is 9.59 Å². The molecule has 1 amide bonds. The molecule has 1 aromatic carbocycles. The van der Waals surface area contributed by atoms with Gasteiger partial charge in [-0.25, -0.2) is 0 Å². The largest absolute Gasteiger partial charge is 0.460 e. The van der Waals surface area contributed by atoms with E-state index in [0.717, 1.165) is 5.56 Å². The van der Waals surface area contributed by atoms with Gasteiger partial charge in [0.2, 0.25) is 0 Å². The molecule has 5 heteroatoms. The molecule has 1 N–H and O–H groups in total. The van der Waals surface area contributed by atoms with Crippen molar-refractivity contribution in [3.63, 3.8) is 0 Å². The number of benzene rings is 1. The highest BCUT2D eigenvalue weighted by molar-refractivity contribution is 7.08. The third kappa shape index (κ3) is 4.22. The van der Waals surface area contributed by atoms with Crippen LogP contribution in [0.15, 0.2) is 47.2 Å². The molecule has 2 aromatic rings. The highest BCUT2D eigenvalue weighted by atomic mass is 32.1. The molecule has 0 unspecified atom stereocenters. The molecule has 1 aromatic heterocycles. The maximum Gasteiger partial charge on any atom is 0.325 e. The Bertz CT molecular complexity index is 537. The maximum atomic E-state index is 11.6. The average molecular weight is 275 g/mol. The Balaban J connectivity index is 1.72. The van der Waals surface area contributed by atoms with Crippen LogP contribution in [0.2, 0.25) is 0 Å². The summed E-state index contributed by atoms with van der Waals surface area (Å²) in [4.78, 5) is 23.0. The number of nitrogens with one attached hydrogen (secondary N) is 1. The monoisotopic (exact) mass is 275 g/mol. The first-order valence-electron chi connectivity index (χ1n) is 5.75. The molecule has 0 aliphatic heterocycles. The third-order valence-corrected chi connectivity index (χ3v) is 3.10. The van der Waals surface area contributed by atoms with Crippen molar-refractivity contribution in [2.45, 2.75) is 6.61 Å². The highest BCUT2D eigenvalue weighted by Gasteiger charge is 2.08. The molecule has 0 bridgehead atoms. The van der Waals surface area contributed by atoms with Crippen molar-refractivity contribution < 1.29 is 14.3 Å². The van der Waals surface area contributed by atoms with Crippen molar-refractivity contribution >= 4 is 23.2 Å². The van der Waals surface area contributed by atoms with Crippen molar-refractivity contribution in [1.82, 2.24) is 5.32 Å². The van der Waals surface area contributed by atoms with Crippen LogP contribution in [-0.4, -0.2) is 18.4 Å². The van der Waals surface area contributed by atoms with Gasteiger partial charge in [0.05, 0.1) is 0 Å². The molecular weight excluding hydrogens is 262 g/mol. The van der Waals surface area contributed by atoms with Gasteiger partial charge in [-0.15, -0.1) is 0 Å². The number of ether oxygens (including phenoxy) is 1. The minimum absolute atomic E-state index is 0.123. The minimum Gasteiger partial charge on any atom is -0.460 e. The molecule has 0 aliphatic carbocycles. The minimum atomic E-state index is -0.451. The predicted octanol–water partition coefficient (Wildman–Crippen LogP) is 2.22. The maximum absolute atomic E-state index is 11.6. The van der Waals surface area contributed by atoms with E-state index in [4.69, 9.17) is 4.74 Å². The summed E-state index contributed by atoms with van der Waals surface area (Å²) in [6, 6.07) is 11.1. The molecule has 4 nitrogen and oxygen atoms in total. The van der Waals surface area contributed by atoms with Crippen molar-refractivity contribution in [3.8, 4) is 0 Å². The van der Waals surface area contributed by atoms with Crippen molar-refractivity contribution in [2.24, 2.45) is 0 Å². The van der Waals surface area contributed by atoms with Crippen LogP contribution in [0.5, 0.6) is 0 Å². The number of thiophene rings is 1. The Hall–Kier alpha value is -2.14. The number of esters is 1. The van der Waals surface area contributed by atoms with E-state index in [1.54, 1.807) is 11.4 Å². The van der Waals surface area contributed by atoms with E-state index in [1.165, 1.54) is 11.3 Å². The average Bonchev–Trinajstić information content (AvgIpc) is 2.98. The molecule has 0 aliphatic rings. The molecular formula is C14H13NO3S. The Labute approximate surface area is 115 Å². The zero-order chi connectivity index (χ0) is 13.5. The van der Waals surface area contributed by atoms with E-state index < -0.39 is 5.97 Å². The van der Waals surface area contributed by atoms with E-state index in [9.17, 15) is 9.59 Å². The summed E-state index contributed by atoms with van der Waals surface area (Å²) >= 11 is 1.43. The van der Waals surface area contributed by atoms with E-state index in [-0.39, 0.29) is 19.1 Å². The van der Waals surface area contributed by atoms with Crippen LogP contribution in [0.3, 0.4) is 0 Å². The summed E-state index contributed by atoms with van der Waals surface area (Å²) in [5.74, 6) is -0.717. The van der Waals surface area contributed by atoms with Crippen LogP contribution in [0.1, 0.15) is 15.9 Å². The fourth-order valence-electron chi connectivity index (χ4n) is 1.44. The Morgan fingerprint density at radius 2 is 1.95 bits per heavy atom. The van der Waals surface area contributed by atoms with Crippen LogP contribution in [-0.2, 0) is 16.1 Å². The predicted molar refractivity (Wildman–Crippen MR) is 72.9 cm³/mol. The van der Waals surface area contributed by atoms with Gasteiger partial charge in [0, 0.05) is 10.9 Å². The van der Waals surface area contributed by atoms with Gasteiger partial charge >= 0.3 is 5.97 Å². The first-order chi connectivity index (χ1) is 9.25. The van der Waals surface area contributed by atoms with Gasteiger partial charge in [-0.1, -0.05) is 30.3 Å². The SMILES string of the molecule is O=C(CNC(=O)c1ccsc1)OCc1ccccc1. The molecule has 0 saturated carbocycles. The Morgan fingerprint density at radius 1 is 1.16 bits per heavy atom. The van der Waals surface area contributed by atoms with Crippen molar-refractivity contribution in [3.05, 3.63) is 58.3 Å². The molecule has 2 rings (SSSR count). The molecule has 0 spiro atoms. The molecule has 0 atom stereocenters. The van der Waals surface area contributed by atoms with Crippen LogP contribution in [0, 0.1) is 0 Å². The van der Waals surface area contributed by atoms with Gasteiger partial charge < -0.3 is 10.1 Å². The second kappa shape index (κ2) is 6.70. The first-order valence-corrected chi connectivity index (χ1v) is 6.70. The zero-order valence-corrected chi connectivity index (χ0v) is 11.0. The lowest BCUT2D eigenvalue weighted by Gasteiger charge is -2.05. The molecule has 0 radical (unpaired) electrons. The number of hydrogen-bond acceptors (Lipinski definition) is 4. The van der Waals surface area contributed by atoms with Crippen molar-refractivity contribution in [1.29, 1.82) is 0 Å². The summed E-state index contributed by atoms with van der Waals surface area (Å²) in [5.41, 5.74) is 1.47. The van der Waals surface area contributed by atoms with E-state index in [0.29, 0.717) is 5.56 Å². The summed E-state index contributed by atoms with van der Waals surface area (Å²) < 4.78 is 5.04. The van der Waals surface area contributed by atoms with Crippen LogP contribution in [0.4, 0.5) is 0 Å². The standard InChI is InChI=1S/C14H13NO3S/c16-13(18-9-11-4-2-1-3-5-11)8-15-14(17)12-6-7-19-10-12/h1-7,10H,8-9H2,(H,15,17). The van der Waals surface area contributed by atoms with Gasteiger partial charge in [0.1, 0.15) is 13.2 Å². The fraction of sp³-hybridized carbons (Fsp3) is 0.143. The summed E-state index contributed by atoms with van der Waals surface area (Å²) in [6.45, 7) is 0.0928. The van der Waals surface area contributed by atoms with Gasteiger partial charge in [0.25, 0.3) is 5.91 Å². The van der Waals surface area contributed by atoms with E-state index >= 15 is 0 Å². The summed E-state index contributed by atoms with van der Waals surface area (Å²) in [7, 11) is 0. The van der Waals surface area contributed by atoms with Crippen molar-refractivity contribution in [2.75, 3.05) is 6.54 Å². The topological polar surface area (TPSA) is 55.4 Å². The molecule has 19 heavy (non-hydrogen) atoms. The molecule has 0 fully saturated rings. The van der Waals surface area contributed by atoms with E-state index in [1.807, 2.05) is 35.7 Å². The lowest BCUT2D eigenvalue weighted by molar-refractivity contribution is -0.143. The number of rotatable bonds is 5. The fourth-order valence-corrected chi connectivity index (χ4v) is 2.07. The van der Waals surface area contributed by atoms with Gasteiger partial charge in [-0.05, 0) is 17.0 Å². The second-order valence-corrected chi connectivity index (χ2v) is 4.62. The number of hydrogen-bond donors (Lipinski definition) is 1. The smallest absolute Gasteiger partial charge is 0.325 e. The summed E-state index contributed by atoms with van der Waals surface area (Å²) in [5, 5.41) is 6.05. The van der Waals surface area contributed by atoms with Crippen LogP contribution in [0.25, 0.3) is 0 Å². The van der Waals surface area contributed by atoms with Crippen LogP contribution >= 0.6 is 11.3 Å². The normalized spacial score (nSPS) is 9.89. The van der Waals surface area contributed by atoms with Gasteiger partial charge in [-0.2, -0.15) is 11.3 Å². The Kier molecular flexibility index (Phi) is 4.69. The highest BCUT2D eigenvalue weighted by Crippen LogP contribution is 2.05. The summed E-state index contributed by atoms with van der Waals surface area (Å²) in [6.07, 6.45) is 0. The zero-order valence-electron chi connectivity index (χ0n) is 10.2. The van der Waals surface area contributed by atoms with E-state index in [2.05, 4.69) is 5.32 Å². The Morgan fingerprint density at radius 3 is 2.63 bits per heavy atom. The van der Waals surface area contributed by atoms with Gasteiger partial charge in [0.15, 0.2) is 0 Å². The first kappa shape index (κ1) is 13.3. The molecule has 0 saturated heterocycles. The lowest BCUT2D eigenvalue weighted by Crippen LogP contribution is -2.30. The third-order valence-electron chi connectivity index (χ3n) is 2.42. The number of amides is 1. The molecule has 98 valence electrons. The molecule has 1 heterocycles. The quantitative estimate of drug-likeness (QED) is 0.851. The number of carbonyl (C=O) groups is 2. The number of carbonyl (C=O) groups excluding carboxylic acids is 2. The van der Waals surface area contributed by atoms with Crippen LogP contribution < -0.4 is 5.32 Å².